The van der Waals surface area contributed by atoms with Crippen LogP contribution in [0.2, 0.25) is 0 Å². The van der Waals surface area contributed by atoms with E-state index in [1.807, 2.05) is 0 Å². The SMILES string of the molecule is NC1(C(=O)Cc2cccc(F)c2)CCCC1. The van der Waals surface area contributed by atoms with Gasteiger partial charge in [0.05, 0.1) is 5.54 Å². The highest BCUT2D eigenvalue weighted by atomic mass is 19.1. The molecule has 1 fully saturated rings. The van der Waals surface area contributed by atoms with Crippen molar-refractivity contribution >= 4 is 5.78 Å². The minimum absolute atomic E-state index is 0.0376. The standard InChI is InChI=1S/C13H16FNO/c14-11-5-3-4-10(8-11)9-12(16)13(15)6-1-2-7-13/h3-5,8H,1-2,6-7,9,15H2. The molecule has 0 aliphatic heterocycles. The van der Waals surface area contributed by atoms with Crippen LogP contribution in [-0.2, 0) is 11.2 Å². The largest absolute Gasteiger partial charge is 0.319 e. The maximum atomic E-state index is 12.9. The number of Topliss-reactive ketones (excluding diaryl/α,β-unsaturated/α-hetero) is 1. The Balaban J connectivity index is 2.07. The summed E-state index contributed by atoms with van der Waals surface area (Å²) in [5, 5.41) is 0. The molecule has 0 heterocycles. The molecule has 2 nitrogen and oxygen atoms in total. The Hall–Kier alpha value is -1.22. The third-order valence-corrected chi connectivity index (χ3v) is 3.30. The second kappa shape index (κ2) is 4.34. The molecule has 1 aromatic rings. The predicted octanol–water partition coefficient (Wildman–Crippen LogP) is 2.21. The van der Waals surface area contributed by atoms with E-state index < -0.39 is 5.54 Å². The van der Waals surface area contributed by atoms with Crippen LogP contribution in [0.15, 0.2) is 24.3 Å². The van der Waals surface area contributed by atoms with Gasteiger partial charge in [-0.3, -0.25) is 4.79 Å². The van der Waals surface area contributed by atoms with E-state index >= 15 is 0 Å². The first-order chi connectivity index (χ1) is 7.60. The van der Waals surface area contributed by atoms with E-state index in [0.29, 0.717) is 5.56 Å². The van der Waals surface area contributed by atoms with Gasteiger partial charge in [0, 0.05) is 6.42 Å². The van der Waals surface area contributed by atoms with E-state index in [1.165, 1.54) is 12.1 Å². The summed E-state index contributed by atoms with van der Waals surface area (Å²) < 4.78 is 12.9. The quantitative estimate of drug-likeness (QED) is 0.850. The van der Waals surface area contributed by atoms with Gasteiger partial charge in [-0.05, 0) is 30.5 Å². The lowest BCUT2D eigenvalue weighted by atomic mass is 9.89. The number of rotatable bonds is 3. The van der Waals surface area contributed by atoms with Crippen LogP contribution < -0.4 is 5.73 Å². The first-order valence-corrected chi connectivity index (χ1v) is 5.67. The van der Waals surface area contributed by atoms with Gasteiger partial charge in [0.15, 0.2) is 5.78 Å². The molecule has 0 unspecified atom stereocenters. The summed E-state index contributed by atoms with van der Waals surface area (Å²) in [5.41, 5.74) is 6.09. The van der Waals surface area contributed by atoms with Crippen LogP contribution in [0.1, 0.15) is 31.2 Å². The number of carbonyl (C=O) groups excluding carboxylic acids is 1. The van der Waals surface area contributed by atoms with Crippen LogP contribution in [-0.4, -0.2) is 11.3 Å². The molecule has 0 bridgehead atoms. The Morgan fingerprint density at radius 2 is 2.06 bits per heavy atom. The molecule has 0 saturated heterocycles. The van der Waals surface area contributed by atoms with Crippen LogP contribution in [0, 0.1) is 5.82 Å². The lowest BCUT2D eigenvalue weighted by Crippen LogP contribution is -2.46. The summed E-state index contributed by atoms with van der Waals surface area (Å²) in [5.74, 6) is -0.265. The van der Waals surface area contributed by atoms with Crippen LogP contribution in [0.5, 0.6) is 0 Å². The van der Waals surface area contributed by atoms with E-state index in [-0.39, 0.29) is 18.0 Å². The fourth-order valence-corrected chi connectivity index (χ4v) is 2.29. The number of hydrogen-bond acceptors (Lipinski definition) is 2. The van der Waals surface area contributed by atoms with Gasteiger partial charge in [0.2, 0.25) is 0 Å². The van der Waals surface area contributed by atoms with Crippen molar-refractivity contribution in [2.75, 3.05) is 0 Å². The second-order valence-electron chi connectivity index (χ2n) is 4.59. The zero-order chi connectivity index (χ0) is 11.6. The molecular formula is C13H16FNO. The average molecular weight is 221 g/mol. The van der Waals surface area contributed by atoms with Gasteiger partial charge < -0.3 is 5.73 Å². The zero-order valence-corrected chi connectivity index (χ0v) is 9.21. The van der Waals surface area contributed by atoms with E-state index in [0.717, 1.165) is 25.7 Å². The zero-order valence-electron chi connectivity index (χ0n) is 9.21. The molecule has 0 spiro atoms. The number of ketones is 1. The summed E-state index contributed by atoms with van der Waals surface area (Å²) in [6.45, 7) is 0. The minimum Gasteiger partial charge on any atom is -0.319 e. The van der Waals surface area contributed by atoms with Crippen LogP contribution in [0.25, 0.3) is 0 Å². The first-order valence-electron chi connectivity index (χ1n) is 5.67. The second-order valence-corrected chi connectivity index (χ2v) is 4.59. The summed E-state index contributed by atoms with van der Waals surface area (Å²) in [4.78, 5) is 12.0. The van der Waals surface area contributed by atoms with Gasteiger partial charge in [-0.2, -0.15) is 0 Å². The molecule has 1 saturated carbocycles. The van der Waals surface area contributed by atoms with E-state index in [4.69, 9.17) is 5.73 Å². The molecule has 0 amide bonds. The summed E-state index contributed by atoms with van der Waals surface area (Å²) in [6, 6.07) is 6.16. The van der Waals surface area contributed by atoms with Crippen molar-refractivity contribution in [1.82, 2.24) is 0 Å². The molecule has 0 atom stereocenters. The van der Waals surface area contributed by atoms with Crippen LogP contribution >= 0.6 is 0 Å². The Morgan fingerprint density at radius 3 is 2.69 bits per heavy atom. The molecule has 16 heavy (non-hydrogen) atoms. The smallest absolute Gasteiger partial charge is 0.156 e. The van der Waals surface area contributed by atoms with Crippen molar-refractivity contribution in [1.29, 1.82) is 0 Å². The van der Waals surface area contributed by atoms with Crippen molar-refractivity contribution in [2.24, 2.45) is 5.73 Å². The van der Waals surface area contributed by atoms with Gasteiger partial charge in [0.1, 0.15) is 5.82 Å². The number of carbonyl (C=O) groups is 1. The van der Waals surface area contributed by atoms with E-state index in [2.05, 4.69) is 0 Å². The molecule has 2 N–H and O–H groups in total. The molecule has 1 aliphatic rings. The highest BCUT2D eigenvalue weighted by Gasteiger charge is 2.36. The molecule has 1 aliphatic carbocycles. The Labute approximate surface area is 94.6 Å². The topological polar surface area (TPSA) is 43.1 Å². The van der Waals surface area contributed by atoms with Crippen molar-refractivity contribution in [3.8, 4) is 0 Å². The molecule has 3 heteroatoms. The highest BCUT2D eigenvalue weighted by Crippen LogP contribution is 2.29. The lowest BCUT2D eigenvalue weighted by Gasteiger charge is -2.21. The summed E-state index contributed by atoms with van der Waals surface area (Å²) in [6.07, 6.45) is 3.81. The monoisotopic (exact) mass is 221 g/mol. The maximum absolute atomic E-state index is 12.9. The van der Waals surface area contributed by atoms with Gasteiger partial charge >= 0.3 is 0 Å². The van der Waals surface area contributed by atoms with Gasteiger partial charge in [-0.25, -0.2) is 4.39 Å². The Morgan fingerprint density at radius 1 is 1.38 bits per heavy atom. The molecule has 2 rings (SSSR count). The van der Waals surface area contributed by atoms with E-state index in [1.54, 1.807) is 12.1 Å². The maximum Gasteiger partial charge on any atom is 0.156 e. The molecule has 1 aromatic carbocycles. The predicted molar refractivity (Wildman–Crippen MR) is 60.5 cm³/mol. The molecule has 86 valence electrons. The fraction of sp³-hybridized carbons (Fsp3) is 0.462. The van der Waals surface area contributed by atoms with E-state index in [9.17, 15) is 9.18 Å². The minimum atomic E-state index is -0.660. The molecular weight excluding hydrogens is 205 g/mol. The van der Waals surface area contributed by atoms with Gasteiger partial charge in [-0.1, -0.05) is 25.0 Å². The highest BCUT2D eigenvalue weighted by molar-refractivity contribution is 5.90. The summed E-state index contributed by atoms with van der Waals surface area (Å²) in [7, 11) is 0. The average Bonchev–Trinajstić information content (AvgIpc) is 2.66. The fourth-order valence-electron chi connectivity index (χ4n) is 2.29. The Kier molecular flexibility index (Phi) is 3.06. The first kappa shape index (κ1) is 11.3. The number of nitrogens with two attached hydrogens (primary N) is 1. The summed E-state index contributed by atoms with van der Waals surface area (Å²) >= 11 is 0. The normalized spacial score (nSPS) is 18.6. The Bertz CT molecular complexity index is 397. The molecule has 0 aromatic heterocycles. The van der Waals surface area contributed by atoms with Crippen molar-refractivity contribution in [3.63, 3.8) is 0 Å². The van der Waals surface area contributed by atoms with Crippen LogP contribution in [0.3, 0.4) is 0 Å². The third kappa shape index (κ3) is 2.30. The van der Waals surface area contributed by atoms with Crippen molar-refractivity contribution in [3.05, 3.63) is 35.6 Å². The van der Waals surface area contributed by atoms with Crippen molar-refractivity contribution in [2.45, 2.75) is 37.6 Å². The lowest BCUT2D eigenvalue weighted by molar-refractivity contribution is -0.123. The van der Waals surface area contributed by atoms with Crippen molar-refractivity contribution < 1.29 is 9.18 Å². The third-order valence-electron chi connectivity index (χ3n) is 3.30. The molecule has 0 radical (unpaired) electrons. The number of benzene rings is 1. The number of halogens is 1. The number of hydrogen-bond donors (Lipinski definition) is 1. The van der Waals surface area contributed by atoms with Crippen LogP contribution in [0.4, 0.5) is 4.39 Å². The van der Waals surface area contributed by atoms with Gasteiger partial charge in [-0.15, -0.1) is 0 Å². The van der Waals surface area contributed by atoms with Gasteiger partial charge in [0.25, 0.3) is 0 Å².